The van der Waals surface area contributed by atoms with Gasteiger partial charge >= 0.3 is 0 Å². The Morgan fingerprint density at radius 2 is 2.00 bits per heavy atom. The summed E-state index contributed by atoms with van der Waals surface area (Å²) in [7, 11) is 0. The Bertz CT molecular complexity index is 350. The maximum Gasteiger partial charge on any atom is 0.119 e. The van der Waals surface area contributed by atoms with E-state index in [0.717, 1.165) is 30.5 Å². The highest BCUT2D eigenvalue weighted by Gasteiger charge is 2.25. The fraction of sp³-hybridized carbons (Fsp3) is 0.571. The van der Waals surface area contributed by atoms with Crippen LogP contribution in [0.1, 0.15) is 20.3 Å². The first-order valence-corrected chi connectivity index (χ1v) is 6.37. The standard InChI is InChI=1S/C14H22N2O/c1-11-9-12(2)16(10-11)7-8-17-14-5-3-13(15)4-6-14/h3-6,11-12H,7-10,15H2,1-2H3. The van der Waals surface area contributed by atoms with E-state index >= 15 is 0 Å². The molecule has 0 radical (unpaired) electrons. The van der Waals surface area contributed by atoms with Crippen molar-refractivity contribution >= 4 is 5.69 Å². The minimum atomic E-state index is 0.694. The summed E-state index contributed by atoms with van der Waals surface area (Å²) in [5.74, 6) is 1.72. The van der Waals surface area contributed by atoms with Crippen LogP contribution in [-0.4, -0.2) is 30.6 Å². The fourth-order valence-electron chi connectivity index (χ4n) is 2.54. The molecule has 1 aliphatic heterocycles. The second-order valence-corrected chi connectivity index (χ2v) is 5.10. The molecule has 0 aromatic heterocycles. The Labute approximate surface area is 104 Å². The number of nitrogen functional groups attached to an aromatic ring is 1. The van der Waals surface area contributed by atoms with Crippen LogP contribution in [0.4, 0.5) is 5.69 Å². The Morgan fingerprint density at radius 3 is 2.59 bits per heavy atom. The maximum atomic E-state index is 5.71. The zero-order chi connectivity index (χ0) is 12.3. The largest absolute Gasteiger partial charge is 0.492 e. The summed E-state index contributed by atoms with van der Waals surface area (Å²) in [6.45, 7) is 7.58. The van der Waals surface area contributed by atoms with E-state index in [1.54, 1.807) is 0 Å². The molecule has 17 heavy (non-hydrogen) atoms. The van der Waals surface area contributed by atoms with Gasteiger partial charge in [0, 0.05) is 24.8 Å². The van der Waals surface area contributed by atoms with Crippen LogP contribution in [-0.2, 0) is 0 Å². The van der Waals surface area contributed by atoms with Crippen molar-refractivity contribution in [2.45, 2.75) is 26.3 Å². The Hall–Kier alpha value is -1.22. The zero-order valence-corrected chi connectivity index (χ0v) is 10.7. The van der Waals surface area contributed by atoms with E-state index in [9.17, 15) is 0 Å². The average Bonchev–Trinajstić information content (AvgIpc) is 2.60. The Kier molecular flexibility index (Phi) is 3.89. The molecule has 1 aromatic rings. The lowest BCUT2D eigenvalue weighted by Gasteiger charge is -2.20. The first kappa shape index (κ1) is 12.2. The average molecular weight is 234 g/mol. The highest BCUT2D eigenvalue weighted by molar-refractivity contribution is 5.41. The summed E-state index contributed by atoms with van der Waals surface area (Å²) in [6.07, 6.45) is 1.31. The number of hydrogen-bond acceptors (Lipinski definition) is 3. The molecule has 1 aliphatic rings. The maximum absolute atomic E-state index is 5.71. The van der Waals surface area contributed by atoms with Gasteiger partial charge in [-0.25, -0.2) is 0 Å². The molecule has 0 spiro atoms. The van der Waals surface area contributed by atoms with Crippen molar-refractivity contribution in [1.82, 2.24) is 4.90 Å². The van der Waals surface area contributed by atoms with Crippen molar-refractivity contribution in [3.8, 4) is 5.75 Å². The van der Waals surface area contributed by atoms with Crippen LogP contribution in [0, 0.1) is 5.92 Å². The predicted molar refractivity (Wildman–Crippen MR) is 71.2 cm³/mol. The molecule has 1 saturated heterocycles. The highest BCUT2D eigenvalue weighted by Crippen LogP contribution is 2.21. The molecule has 0 amide bonds. The molecule has 1 aromatic carbocycles. The van der Waals surface area contributed by atoms with Crippen molar-refractivity contribution in [2.75, 3.05) is 25.4 Å². The summed E-state index contributed by atoms with van der Waals surface area (Å²) in [5, 5.41) is 0. The van der Waals surface area contributed by atoms with Crippen LogP contribution in [0.2, 0.25) is 0 Å². The normalized spacial score (nSPS) is 25.1. The number of benzene rings is 1. The summed E-state index contributed by atoms with van der Waals surface area (Å²) in [4.78, 5) is 2.50. The third-order valence-electron chi connectivity index (χ3n) is 3.44. The molecule has 2 atom stereocenters. The van der Waals surface area contributed by atoms with E-state index in [-0.39, 0.29) is 0 Å². The van der Waals surface area contributed by atoms with Gasteiger partial charge in [-0.15, -0.1) is 0 Å². The lowest BCUT2D eigenvalue weighted by molar-refractivity contribution is 0.202. The van der Waals surface area contributed by atoms with Gasteiger partial charge in [-0.1, -0.05) is 6.92 Å². The first-order chi connectivity index (χ1) is 8.15. The van der Waals surface area contributed by atoms with Gasteiger partial charge in [0.1, 0.15) is 12.4 Å². The van der Waals surface area contributed by atoms with Crippen molar-refractivity contribution in [3.05, 3.63) is 24.3 Å². The number of likely N-dealkylation sites (tertiary alicyclic amines) is 1. The SMILES string of the molecule is CC1CC(C)N(CCOc2ccc(N)cc2)C1. The number of nitrogens with zero attached hydrogens (tertiary/aromatic N) is 1. The second-order valence-electron chi connectivity index (χ2n) is 5.10. The molecule has 1 fully saturated rings. The van der Waals surface area contributed by atoms with E-state index in [4.69, 9.17) is 10.5 Å². The molecule has 94 valence electrons. The molecular formula is C14H22N2O. The number of anilines is 1. The molecule has 3 nitrogen and oxygen atoms in total. The van der Waals surface area contributed by atoms with Crippen LogP contribution in [0.15, 0.2) is 24.3 Å². The van der Waals surface area contributed by atoms with E-state index in [1.165, 1.54) is 13.0 Å². The summed E-state index contributed by atoms with van der Waals surface area (Å²) < 4.78 is 5.71. The van der Waals surface area contributed by atoms with Gasteiger partial charge in [-0.3, -0.25) is 4.90 Å². The third-order valence-corrected chi connectivity index (χ3v) is 3.44. The minimum absolute atomic E-state index is 0.694. The number of hydrogen-bond donors (Lipinski definition) is 1. The predicted octanol–water partition coefficient (Wildman–Crippen LogP) is 2.38. The van der Waals surface area contributed by atoms with E-state index in [2.05, 4.69) is 18.7 Å². The van der Waals surface area contributed by atoms with Crippen LogP contribution in [0.5, 0.6) is 5.75 Å². The monoisotopic (exact) mass is 234 g/mol. The van der Waals surface area contributed by atoms with Gasteiger partial charge in [-0.2, -0.15) is 0 Å². The molecule has 0 saturated carbocycles. The fourth-order valence-corrected chi connectivity index (χ4v) is 2.54. The molecule has 0 aliphatic carbocycles. The van der Waals surface area contributed by atoms with E-state index < -0.39 is 0 Å². The number of ether oxygens (including phenoxy) is 1. The van der Waals surface area contributed by atoms with Crippen molar-refractivity contribution in [1.29, 1.82) is 0 Å². The lowest BCUT2D eigenvalue weighted by atomic mass is 10.1. The number of rotatable bonds is 4. The van der Waals surface area contributed by atoms with Gasteiger partial charge < -0.3 is 10.5 Å². The zero-order valence-electron chi connectivity index (χ0n) is 10.7. The quantitative estimate of drug-likeness (QED) is 0.813. The minimum Gasteiger partial charge on any atom is -0.492 e. The molecule has 2 rings (SSSR count). The van der Waals surface area contributed by atoms with E-state index in [1.807, 2.05) is 24.3 Å². The molecule has 3 heteroatoms. The molecule has 1 heterocycles. The van der Waals surface area contributed by atoms with Crippen LogP contribution in [0.3, 0.4) is 0 Å². The van der Waals surface area contributed by atoms with Crippen molar-refractivity contribution < 1.29 is 4.74 Å². The van der Waals surface area contributed by atoms with Crippen LogP contribution >= 0.6 is 0 Å². The first-order valence-electron chi connectivity index (χ1n) is 6.37. The van der Waals surface area contributed by atoms with Gasteiger partial charge in [-0.05, 0) is 43.5 Å². The van der Waals surface area contributed by atoms with Crippen LogP contribution in [0.25, 0.3) is 0 Å². The molecule has 0 bridgehead atoms. The van der Waals surface area contributed by atoms with Crippen LogP contribution < -0.4 is 10.5 Å². The van der Waals surface area contributed by atoms with Gasteiger partial charge in [0.25, 0.3) is 0 Å². The van der Waals surface area contributed by atoms with E-state index in [0.29, 0.717) is 6.04 Å². The molecule has 2 N–H and O–H groups in total. The number of nitrogens with two attached hydrogens (primary N) is 1. The Morgan fingerprint density at radius 1 is 1.29 bits per heavy atom. The Balaban J connectivity index is 1.74. The van der Waals surface area contributed by atoms with Crippen molar-refractivity contribution in [3.63, 3.8) is 0 Å². The van der Waals surface area contributed by atoms with Crippen molar-refractivity contribution in [2.24, 2.45) is 5.92 Å². The highest BCUT2D eigenvalue weighted by atomic mass is 16.5. The summed E-state index contributed by atoms with van der Waals surface area (Å²) in [6, 6.07) is 8.28. The topological polar surface area (TPSA) is 38.5 Å². The van der Waals surface area contributed by atoms with Gasteiger partial charge in [0.2, 0.25) is 0 Å². The summed E-state index contributed by atoms with van der Waals surface area (Å²) in [5.41, 5.74) is 6.40. The molecular weight excluding hydrogens is 212 g/mol. The molecule has 2 unspecified atom stereocenters. The second kappa shape index (κ2) is 5.41. The lowest BCUT2D eigenvalue weighted by Crippen LogP contribution is -2.31. The smallest absolute Gasteiger partial charge is 0.119 e. The van der Waals surface area contributed by atoms with Gasteiger partial charge in [0.05, 0.1) is 0 Å². The third kappa shape index (κ3) is 3.37. The van der Waals surface area contributed by atoms with Gasteiger partial charge in [0.15, 0.2) is 0 Å². The summed E-state index contributed by atoms with van der Waals surface area (Å²) >= 11 is 0.